The van der Waals surface area contributed by atoms with Gasteiger partial charge in [0, 0.05) is 17.4 Å². The van der Waals surface area contributed by atoms with Crippen LogP contribution in [0.4, 0.5) is 10.8 Å². The van der Waals surface area contributed by atoms with Gasteiger partial charge >= 0.3 is 0 Å². The van der Waals surface area contributed by atoms with E-state index < -0.39 is 0 Å². The summed E-state index contributed by atoms with van der Waals surface area (Å²) >= 11 is 1.51. The zero-order valence-electron chi connectivity index (χ0n) is 15.8. The van der Waals surface area contributed by atoms with E-state index in [-0.39, 0.29) is 6.10 Å². The Morgan fingerprint density at radius 2 is 1.86 bits per heavy atom. The minimum absolute atomic E-state index is 0.0227. The number of thiazole rings is 1. The van der Waals surface area contributed by atoms with E-state index in [1.165, 1.54) is 11.3 Å². The molecule has 0 fully saturated rings. The van der Waals surface area contributed by atoms with Crippen LogP contribution in [-0.4, -0.2) is 28.2 Å². The maximum Gasteiger partial charge on any atom is 0.256 e. The van der Waals surface area contributed by atoms with Gasteiger partial charge < -0.3 is 14.8 Å². The van der Waals surface area contributed by atoms with Gasteiger partial charge in [0.05, 0.1) is 18.9 Å². The van der Waals surface area contributed by atoms with Crippen LogP contribution in [0.15, 0.2) is 54.7 Å². The molecule has 0 aliphatic rings. The molecular weight excluding hydrogens is 372 g/mol. The number of benzene rings is 1. The number of methoxy groups -OCH3 is 1. The number of pyridine rings is 2. The van der Waals surface area contributed by atoms with Crippen molar-refractivity contribution < 1.29 is 9.47 Å². The van der Waals surface area contributed by atoms with Gasteiger partial charge in [-0.25, -0.2) is 15.0 Å². The van der Waals surface area contributed by atoms with E-state index in [1.54, 1.807) is 13.3 Å². The van der Waals surface area contributed by atoms with Crippen LogP contribution in [0.3, 0.4) is 0 Å². The monoisotopic (exact) mass is 392 g/mol. The number of nitrogens with zero attached hydrogens (tertiary/aromatic N) is 3. The van der Waals surface area contributed by atoms with Gasteiger partial charge in [-0.1, -0.05) is 29.5 Å². The molecule has 3 aromatic heterocycles. The molecule has 0 saturated heterocycles. The topological polar surface area (TPSA) is 69.2 Å². The van der Waals surface area contributed by atoms with Crippen molar-refractivity contribution in [2.24, 2.45) is 0 Å². The number of fused-ring (bicyclic) bond motifs is 1. The lowest BCUT2D eigenvalue weighted by Gasteiger charge is -2.13. The van der Waals surface area contributed by atoms with E-state index in [2.05, 4.69) is 15.3 Å². The van der Waals surface area contributed by atoms with Crippen LogP contribution in [0, 0.1) is 0 Å². The Hall–Kier alpha value is -3.19. The van der Waals surface area contributed by atoms with Crippen molar-refractivity contribution in [2.45, 2.75) is 20.0 Å². The van der Waals surface area contributed by atoms with E-state index in [1.807, 2.05) is 62.4 Å². The van der Waals surface area contributed by atoms with Crippen molar-refractivity contribution in [3.8, 4) is 22.9 Å². The Bertz CT molecular complexity index is 1100. The second-order valence-corrected chi connectivity index (χ2v) is 7.41. The summed E-state index contributed by atoms with van der Waals surface area (Å²) in [5, 5.41) is 4.12. The van der Waals surface area contributed by atoms with E-state index in [4.69, 9.17) is 14.5 Å². The number of aromatic nitrogens is 3. The summed E-state index contributed by atoms with van der Waals surface area (Å²) in [7, 11) is 1.58. The summed E-state index contributed by atoms with van der Waals surface area (Å²) in [6.07, 6.45) is 1.76. The smallest absolute Gasteiger partial charge is 0.256 e. The molecule has 1 aromatic carbocycles. The van der Waals surface area contributed by atoms with Crippen LogP contribution in [0.25, 0.3) is 21.6 Å². The second kappa shape index (κ2) is 7.82. The van der Waals surface area contributed by atoms with Crippen LogP contribution in [0.2, 0.25) is 0 Å². The number of para-hydroxylation sites is 1. The molecule has 0 aliphatic heterocycles. The van der Waals surface area contributed by atoms with Gasteiger partial charge in [-0.2, -0.15) is 0 Å². The van der Waals surface area contributed by atoms with Crippen molar-refractivity contribution in [2.75, 3.05) is 12.4 Å². The molecule has 6 nitrogen and oxygen atoms in total. The molecule has 142 valence electrons. The number of hydrogen-bond donors (Lipinski definition) is 1. The SMILES string of the molecule is COc1ncc(-c2ccc3nc(Nc4ccccc4)sc3n2)cc1OC(C)C. The Labute approximate surface area is 167 Å². The first-order valence-electron chi connectivity index (χ1n) is 8.93. The fourth-order valence-corrected chi connectivity index (χ4v) is 3.60. The van der Waals surface area contributed by atoms with E-state index in [0.29, 0.717) is 11.6 Å². The molecule has 1 N–H and O–H groups in total. The van der Waals surface area contributed by atoms with Crippen LogP contribution in [0.1, 0.15) is 13.8 Å². The third-order valence-electron chi connectivity index (χ3n) is 3.95. The van der Waals surface area contributed by atoms with Crippen molar-refractivity contribution >= 4 is 32.5 Å². The first-order valence-corrected chi connectivity index (χ1v) is 9.75. The van der Waals surface area contributed by atoms with Gasteiger partial charge in [-0.05, 0) is 44.2 Å². The number of ether oxygens (including phenoxy) is 2. The minimum Gasteiger partial charge on any atom is -0.485 e. The molecule has 0 unspecified atom stereocenters. The Kier molecular flexibility index (Phi) is 5.08. The van der Waals surface area contributed by atoms with Gasteiger partial charge in [0.25, 0.3) is 5.88 Å². The summed E-state index contributed by atoms with van der Waals surface area (Å²) < 4.78 is 11.1. The normalized spacial score (nSPS) is 11.0. The van der Waals surface area contributed by atoms with Crippen LogP contribution in [0.5, 0.6) is 11.6 Å². The second-order valence-electron chi connectivity index (χ2n) is 6.43. The van der Waals surface area contributed by atoms with Gasteiger partial charge in [-0.15, -0.1) is 0 Å². The van der Waals surface area contributed by atoms with Crippen molar-refractivity contribution in [3.05, 3.63) is 54.7 Å². The van der Waals surface area contributed by atoms with Gasteiger partial charge in [-0.3, -0.25) is 0 Å². The lowest BCUT2D eigenvalue weighted by Crippen LogP contribution is -2.07. The highest BCUT2D eigenvalue weighted by Crippen LogP contribution is 2.33. The number of anilines is 2. The highest BCUT2D eigenvalue weighted by Gasteiger charge is 2.13. The molecule has 28 heavy (non-hydrogen) atoms. The first-order chi connectivity index (χ1) is 13.6. The van der Waals surface area contributed by atoms with Crippen LogP contribution >= 0.6 is 11.3 Å². The van der Waals surface area contributed by atoms with Crippen molar-refractivity contribution in [1.29, 1.82) is 0 Å². The lowest BCUT2D eigenvalue weighted by molar-refractivity contribution is 0.227. The largest absolute Gasteiger partial charge is 0.485 e. The summed E-state index contributed by atoms with van der Waals surface area (Å²) in [5.41, 5.74) is 3.53. The van der Waals surface area contributed by atoms with Crippen molar-refractivity contribution in [1.82, 2.24) is 15.0 Å². The van der Waals surface area contributed by atoms with Crippen LogP contribution < -0.4 is 14.8 Å². The molecule has 0 spiro atoms. The molecule has 4 aromatic rings. The zero-order chi connectivity index (χ0) is 19.5. The number of nitrogens with one attached hydrogen (secondary N) is 1. The molecule has 4 rings (SSSR count). The summed E-state index contributed by atoms with van der Waals surface area (Å²) in [6, 6.07) is 15.8. The summed E-state index contributed by atoms with van der Waals surface area (Å²) in [5.74, 6) is 1.07. The maximum absolute atomic E-state index is 5.82. The molecule has 0 bridgehead atoms. The standard InChI is InChI=1S/C21H20N4O2S/c1-13(2)27-18-11-14(12-22-19(18)26-3)16-9-10-17-20(24-16)28-21(25-17)23-15-7-5-4-6-8-15/h4-13H,1-3H3,(H,23,25). The Balaban J connectivity index is 1.66. The quantitative estimate of drug-likeness (QED) is 0.481. The first kappa shape index (κ1) is 18.2. The van der Waals surface area contributed by atoms with E-state index in [0.717, 1.165) is 32.4 Å². The lowest BCUT2D eigenvalue weighted by atomic mass is 10.2. The molecule has 3 heterocycles. The highest BCUT2D eigenvalue weighted by molar-refractivity contribution is 7.21. The Morgan fingerprint density at radius 1 is 1.04 bits per heavy atom. The van der Waals surface area contributed by atoms with E-state index in [9.17, 15) is 0 Å². The third-order valence-corrected chi connectivity index (χ3v) is 4.83. The molecule has 0 atom stereocenters. The summed E-state index contributed by atoms with van der Waals surface area (Å²) in [4.78, 5) is 14.6. The van der Waals surface area contributed by atoms with E-state index >= 15 is 0 Å². The number of rotatable bonds is 6. The average Bonchev–Trinajstić information content (AvgIpc) is 3.09. The third kappa shape index (κ3) is 3.89. The van der Waals surface area contributed by atoms with Crippen LogP contribution in [-0.2, 0) is 0 Å². The molecule has 0 amide bonds. The fourth-order valence-electron chi connectivity index (χ4n) is 2.74. The average molecular weight is 392 g/mol. The molecule has 0 radical (unpaired) electrons. The van der Waals surface area contributed by atoms with Crippen molar-refractivity contribution in [3.63, 3.8) is 0 Å². The van der Waals surface area contributed by atoms with Gasteiger partial charge in [0.1, 0.15) is 10.3 Å². The molecular formula is C21H20N4O2S. The van der Waals surface area contributed by atoms with Gasteiger partial charge in [0.2, 0.25) is 0 Å². The summed E-state index contributed by atoms with van der Waals surface area (Å²) in [6.45, 7) is 3.93. The molecule has 0 saturated carbocycles. The predicted octanol–water partition coefficient (Wildman–Crippen LogP) is 5.29. The maximum atomic E-state index is 5.82. The minimum atomic E-state index is 0.0227. The number of hydrogen-bond acceptors (Lipinski definition) is 7. The molecule has 7 heteroatoms. The Morgan fingerprint density at radius 3 is 2.61 bits per heavy atom. The highest BCUT2D eigenvalue weighted by atomic mass is 32.1. The van der Waals surface area contributed by atoms with Gasteiger partial charge in [0.15, 0.2) is 10.9 Å². The zero-order valence-corrected chi connectivity index (χ0v) is 16.7. The fraction of sp³-hybridized carbons (Fsp3) is 0.190. The molecule has 0 aliphatic carbocycles. The predicted molar refractivity (Wildman–Crippen MR) is 113 cm³/mol.